The molecule has 3 rings (SSSR count). The molecule has 1 fully saturated rings. The van der Waals surface area contributed by atoms with Crippen LogP contribution in [0.3, 0.4) is 0 Å². The van der Waals surface area contributed by atoms with Gasteiger partial charge in [-0.1, -0.05) is 48.9 Å². The van der Waals surface area contributed by atoms with Gasteiger partial charge >= 0.3 is 0 Å². The summed E-state index contributed by atoms with van der Waals surface area (Å²) in [5.41, 5.74) is 2.51. The molecule has 26 heavy (non-hydrogen) atoms. The van der Waals surface area contributed by atoms with Gasteiger partial charge in [0, 0.05) is 18.0 Å². The molecule has 138 valence electrons. The molecule has 0 aliphatic carbocycles. The highest BCUT2D eigenvalue weighted by Gasteiger charge is 2.14. The molecule has 1 amide bonds. The summed E-state index contributed by atoms with van der Waals surface area (Å²) in [7, 11) is 0. The van der Waals surface area contributed by atoms with E-state index < -0.39 is 0 Å². The molecule has 0 radical (unpaired) electrons. The van der Waals surface area contributed by atoms with Crippen LogP contribution in [0.5, 0.6) is 0 Å². The summed E-state index contributed by atoms with van der Waals surface area (Å²) >= 11 is 1.59. The number of amides is 1. The fourth-order valence-corrected chi connectivity index (χ4v) is 4.14. The first kappa shape index (κ1) is 19.0. The second-order valence-corrected chi connectivity index (χ2v) is 8.36. The standard InChI is InChI=1S/C22H28N2OS/c1-18(26-21-8-4-2-5-9-21)22(25)23-16-19-10-12-20(13-11-19)17-24-14-6-3-7-15-24/h2,4-5,8-13,18H,3,6-7,14-17H2,1H3,(H,23,25)/t18-/m1/s1. The van der Waals surface area contributed by atoms with Crippen LogP contribution in [0.2, 0.25) is 0 Å². The van der Waals surface area contributed by atoms with Crippen molar-refractivity contribution < 1.29 is 4.79 Å². The largest absolute Gasteiger partial charge is 0.351 e. The van der Waals surface area contributed by atoms with Crippen LogP contribution < -0.4 is 5.32 Å². The zero-order chi connectivity index (χ0) is 18.2. The van der Waals surface area contributed by atoms with E-state index in [2.05, 4.69) is 34.5 Å². The van der Waals surface area contributed by atoms with Crippen LogP contribution in [0, 0.1) is 0 Å². The Kier molecular flexibility index (Phi) is 7.15. The summed E-state index contributed by atoms with van der Waals surface area (Å²) in [6.07, 6.45) is 4.02. The molecule has 0 unspecified atom stereocenters. The lowest BCUT2D eigenvalue weighted by Crippen LogP contribution is -2.30. The maximum Gasteiger partial charge on any atom is 0.233 e. The van der Waals surface area contributed by atoms with Crippen molar-refractivity contribution in [3.8, 4) is 0 Å². The van der Waals surface area contributed by atoms with Crippen molar-refractivity contribution >= 4 is 17.7 Å². The molecular weight excluding hydrogens is 340 g/mol. The van der Waals surface area contributed by atoms with Crippen LogP contribution in [0.4, 0.5) is 0 Å². The number of likely N-dealkylation sites (tertiary alicyclic amines) is 1. The minimum atomic E-state index is -0.101. The van der Waals surface area contributed by atoms with Crippen molar-refractivity contribution in [2.24, 2.45) is 0 Å². The quantitative estimate of drug-likeness (QED) is 0.732. The Balaban J connectivity index is 1.44. The second kappa shape index (κ2) is 9.79. The molecule has 2 aromatic rings. The van der Waals surface area contributed by atoms with E-state index in [1.807, 2.05) is 37.3 Å². The highest BCUT2D eigenvalue weighted by Crippen LogP contribution is 2.22. The molecule has 1 aliphatic rings. The van der Waals surface area contributed by atoms with Crippen LogP contribution in [0.15, 0.2) is 59.5 Å². The van der Waals surface area contributed by atoms with Gasteiger partial charge in [-0.3, -0.25) is 9.69 Å². The predicted molar refractivity (Wildman–Crippen MR) is 109 cm³/mol. The summed E-state index contributed by atoms with van der Waals surface area (Å²) in [5.74, 6) is 0.0799. The number of piperidine rings is 1. The smallest absolute Gasteiger partial charge is 0.233 e. The molecule has 1 aliphatic heterocycles. The number of carbonyl (C=O) groups excluding carboxylic acids is 1. The van der Waals surface area contributed by atoms with E-state index >= 15 is 0 Å². The number of thioether (sulfide) groups is 1. The topological polar surface area (TPSA) is 32.3 Å². The average Bonchev–Trinajstić information content (AvgIpc) is 2.69. The number of nitrogens with zero attached hydrogens (tertiary/aromatic N) is 1. The normalized spacial score (nSPS) is 16.2. The van der Waals surface area contributed by atoms with Gasteiger partial charge in [0.15, 0.2) is 0 Å². The molecular formula is C22H28N2OS. The maximum absolute atomic E-state index is 12.3. The highest BCUT2D eigenvalue weighted by molar-refractivity contribution is 8.00. The Morgan fingerprint density at radius 3 is 2.35 bits per heavy atom. The maximum atomic E-state index is 12.3. The summed E-state index contributed by atoms with van der Waals surface area (Å²) in [6, 6.07) is 18.7. The summed E-state index contributed by atoms with van der Waals surface area (Å²) in [6.45, 7) is 6.01. The fraction of sp³-hybridized carbons (Fsp3) is 0.409. The SMILES string of the molecule is C[C@@H](Sc1ccccc1)C(=O)NCc1ccc(CN2CCCCC2)cc1. The molecule has 0 saturated carbocycles. The fourth-order valence-electron chi connectivity index (χ4n) is 3.23. The number of hydrogen-bond acceptors (Lipinski definition) is 3. The van der Waals surface area contributed by atoms with Crippen LogP contribution in [-0.4, -0.2) is 29.1 Å². The number of nitrogens with one attached hydrogen (secondary N) is 1. The van der Waals surface area contributed by atoms with Crippen molar-refractivity contribution in [1.29, 1.82) is 0 Å². The van der Waals surface area contributed by atoms with Crippen molar-refractivity contribution in [3.63, 3.8) is 0 Å². The van der Waals surface area contributed by atoms with Gasteiger partial charge < -0.3 is 5.32 Å². The zero-order valence-electron chi connectivity index (χ0n) is 15.5. The lowest BCUT2D eigenvalue weighted by atomic mass is 10.1. The molecule has 1 saturated heterocycles. The van der Waals surface area contributed by atoms with Gasteiger partial charge in [0.1, 0.15) is 0 Å². The number of hydrogen-bond donors (Lipinski definition) is 1. The first-order valence-electron chi connectivity index (χ1n) is 9.50. The van der Waals surface area contributed by atoms with Crippen LogP contribution in [-0.2, 0) is 17.9 Å². The lowest BCUT2D eigenvalue weighted by Gasteiger charge is -2.26. The Hall–Kier alpha value is -1.78. The third-order valence-electron chi connectivity index (χ3n) is 4.77. The monoisotopic (exact) mass is 368 g/mol. The van der Waals surface area contributed by atoms with E-state index in [9.17, 15) is 4.79 Å². The van der Waals surface area contributed by atoms with Gasteiger partial charge in [0.05, 0.1) is 5.25 Å². The van der Waals surface area contributed by atoms with Crippen molar-refractivity contribution in [3.05, 3.63) is 65.7 Å². The molecule has 1 atom stereocenters. The lowest BCUT2D eigenvalue weighted by molar-refractivity contribution is -0.120. The molecule has 1 N–H and O–H groups in total. The van der Waals surface area contributed by atoms with Crippen molar-refractivity contribution in [1.82, 2.24) is 10.2 Å². The molecule has 0 spiro atoms. The Labute approximate surface area is 161 Å². The first-order chi connectivity index (χ1) is 12.7. The number of rotatable bonds is 7. The van der Waals surface area contributed by atoms with Crippen LogP contribution >= 0.6 is 11.8 Å². The van der Waals surface area contributed by atoms with Crippen molar-refractivity contribution in [2.45, 2.75) is 49.4 Å². The molecule has 3 nitrogen and oxygen atoms in total. The van der Waals surface area contributed by atoms with Crippen molar-refractivity contribution in [2.75, 3.05) is 13.1 Å². The number of carbonyl (C=O) groups is 1. The van der Waals surface area contributed by atoms with E-state index in [4.69, 9.17) is 0 Å². The second-order valence-electron chi connectivity index (χ2n) is 6.94. The van der Waals surface area contributed by atoms with Crippen LogP contribution in [0.1, 0.15) is 37.3 Å². The van der Waals surface area contributed by atoms with E-state index in [0.717, 1.165) is 17.0 Å². The predicted octanol–water partition coefficient (Wildman–Crippen LogP) is 4.47. The van der Waals surface area contributed by atoms with E-state index in [1.54, 1.807) is 11.8 Å². The molecule has 2 aromatic carbocycles. The van der Waals surface area contributed by atoms with Gasteiger partial charge in [-0.05, 0) is 56.1 Å². The molecule has 0 aromatic heterocycles. The first-order valence-corrected chi connectivity index (χ1v) is 10.4. The van der Waals surface area contributed by atoms with E-state index in [0.29, 0.717) is 6.54 Å². The Morgan fingerprint density at radius 1 is 1.00 bits per heavy atom. The van der Waals surface area contributed by atoms with Crippen LogP contribution in [0.25, 0.3) is 0 Å². The minimum absolute atomic E-state index is 0.0799. The van der Waals surface area contributed by atoms with E-state index in [1.165, 1.54) is 37.9 Å². The number of benzene rings is 2. The zero-order valence-corrected chi connectivity index (χ0v) is 16.3. The molecule has 4 heteroatoms. The van der Waals surface area contributed by atoms with E-state index in [-0.39, 0.29) is 11.2 Å². The van der Waals surface area contributed by atoms with Gasteiger partial charge in [-0.25, -0.2) is 0 Å². The van der Waals surface area contributed by atoms with Gasteiger partial charge in [-0.2, -0.15) is 0 Å². The van der Waals surface area contributed by atoms with Gasteiger partial charge in [-0.15, -0.1) is 11.8 Å². The molecule has 0 bridgehead atoms. The highest BCUT2D eigenvalue weighted by atomic mass is 32.2. The average molecular weight is 369 g/mol. The Bertz CT molecular complexity index is 681. The van der Waals surface area contributed by atoms with Gasteiger partial charge in [0.25, 0.3) is 0 Å². The summed E-state index contributed by atoms with van der Waals surface area (Å²) in [5, 5.41) is 2.95. The summed E-state index contributed by atoms with van der Waals surface area (Å²) < 4.78 is 0. The minimum Gasteiger partial charge on any atom is -0.351 e. The summed E-state index contributed by atoms with van der Waals surface area (Å²) in [4.78, 5) is 16.0. The Morgan fingerprint density at radius 2 is 1.65 bits per heavy atom. The van der Waals surface area contributed by atoms with Gasteiger partial charge in [0.2, 0.25) is 5.91 Å². The third kappa shape index (κ3) is 5.89. The molecule has 1 heterocycles. The third-order valence-corrected chi connectivity index (χ3v) is 5.88.